The predicted molar refractivity (Wildman–Crippen MR) is 74.0 cm³/mol. The maximum Gasteiger partial charge on any atom is 0.220 e. The number of halogens is 1. The summed E-state index contributed by atoms with van der Waals surface area (Å²) in [6, 6.07) is 0. The van der Waals surface area contributed by atoms with E-state index in [-0.39, 0.29) is 11.3 Å². The first kappa shape index (κ1) is 16.0. The number of hydrogen-bond donors (Lipinski definition) is 1. The van der Waals surface area contributed by atoms with Crippen LogP contribution in [0.5, 0.6) is 0 Å². The van der Waals surface area contributed by atoms with Gasteiger partial charge in [-0.1, -0.05) is 49.5 Å². The molecule has 3 heteroatoms. The van der Waals surface area contributed by atoms with E-state index in [1.165, 1.54) is 6.42 Å². The summed E-state index contributed by atoms with van der Waals surface area (Å²) >= 11 is 3.56. The summed E-state index contributed by atoms with van der Waals surface area (Å²) in [5.74, 6) is 0.209. The van der Waals surface area contributed by atoms with Gasteiger partial charge in [0.1, 0.15) is 0 Å². The fourth-order valence-corrected chi connectivity index (χ4v) is 2.64. The van der Waals surface area contributed by atoms with Crippen molar-refractivity contribution in [3.8, 4) is 0 Å². The molecule has 0 aromatic carbocycles. The van der Waals surface area contributed by atoms with Crippen LogP contribution in [0.15, 0.2) is 0 Å². The van der Waals surface area contributed by atoms with Crippen LogP contribution in [0.25, 0.3) is 0 Å². The number of unbranched alkanes of at least 4 members (excludes halogenated alkanes) is 2. The molecule has 0 aromatic rings. The standard InChI is InChI=1S/C13H26BrNO/c1-4-7-8-9-12(16)15-11-13(5-2,6-3)10-14/h4-11H2,1-3H3,(H,15,16). The number of alkyl halides is 1. The third-order valence-electron chi connectivity index (χ3n) is 3.45. The van der Waals surface area contributed by atoms with Crippen molar-refractivity contribution in [2.24, 2.45) is 5.41 Å². The van der Waals surface area contributed by atoms with E-state index in [2.05, 4.69) is 42.0 Å². The first-order valence-corrected chi connectivity index (χ1v) is 7.59. The molecule has 0 bridgehead atoms. The van der Waals surface area contributed by atoms with Gasteiger partial charge in [0.05, 0.1) is 0 Å². The van der Waals surface area contributed by atoms with Crippen LogP contribution in [0, 0.1) is 5.41 Å². The molecule has 16 heavy (non-hydrogen) atoms. The summed E-state index contributed by atoms with van der Waals surface area (Å²) < 4.78 is 0. The molecule has 0 fully saturated rings. The van der Waals surface area contributed by atoms with E-state index < -0.39 is 0 Å². The fourth-order valence-electron chi connectivity index (χ4n) is 1.65. The van der Waals surface area contributed by atoms with E-state index in [4.69, 9.17) is 0 Å². The zero-order valence-corrected chi connectivity index (χ0v) is 12.5. The minimum Gasteiger partial charge on any atom is -0.356 e. The molecular formula is C13H26BrNO. The van der Waals surface area contributed by atoms with Gasteiger partial charge in [0.15, 0.2) is 0 Å². The van der Waals surface area contributed by atoms with Crippen LogP contribution in [0.3, 0.4) is 0 Å². The molecule has 0 aromatic heterocycles. The Balaban J connectivity index is 3.87. The van der Waals surface area contributed by atoms with Crippen LogP contribution in [-0.2, 0) is 4.79 Å². The first-order chi connectivity index (χ1) is 7.64. The van der Waals surface area contributed by atoms with Gasteiger partial charge < -0.3 is 5.32 Å². The van der Waals surface area contributed by atoms with Gasteiger partial charge in [-0.15, -0.1) is 0 Å². The molecule has 0 heterocycles. The zero-order chi connectivity index (χ0) is 12.4. The van der Waals surface area contributed by atoms with Gasteiger partial charge in [0.25, 0.3) is 0 Å². The zero-order valence-electron chi connectivity index (χ0n) is 10.9. The van der Waals surface area contributed by atoms with Crippen LogP contribution in [0.2, 0.25) is 0 Å². The Morgan fingerprint density at radius 2 is 1.81 bits per heavy atom. The number of amides is 1. The average Bonchev–Trinajstić information content (AvgIpc) is 2.32. The predicted octanol–water partition coefficient (Wildman–Crippen LogP) is 3.88. The summed E-state index contributed by atoms with van der Waals surface area (Å²) in [6.07, 6.45) is 6.22. The van der Waals surface area contributed by atoms with Crippen LogP contribution in [0.4, 0.5) is 0 Å². The largest absolute Gasteiger partial charge is 0.356 e. The highest BCUT2D eigenvalue weighted by Gasteiger charge is 2.25. The number of carbonyl (C=O) groups is 1. The second-order valence-corrected chi connectivity index (χ2v) is 5.14. The minimum atomic E-state index is 0.209. The van der Waals surface area contributed by atoms with Crippen molar-refractivity contribution >= 4 is 21.8 Å². The van der Waals surface area contributed by atoms with E-state index >= 15 is 0 Å². The molecule has 1 N–H and O–H groups in total. The highest BCUT2D eigenvalue weighted by molar-refractivity contribution is 9.09. The van der Waals surface area contributed by atoms with Crippen LogP contribution < -0.4 is 5.32 Å². The Bertz CT molecular complexity index is 182. The third kappa shape index (κ3) is 5.88. The molecule has 0 unspecified atom stereocenters. The third-order valence-corrected chi connectivity index (χ3v) is 4.64. The van der Waals surface area contributed by atoms with Crippen LogP contribution in [0.1, 0.15) is 59.3 Å². The molecular weight excluding hydrogens is 266 g/mol. The van der Waals surface area contributed by atoms with E-state index in [9.17, 15) is 4.79 Å². The highest BCUT2D eigenvalue weighted by atomic mass is 79.9. The quantitative estimate of drug-likeness (QED) is 0.507. The van der Waals surface area contributed by atoms with Gasteiger partial charge in [-0.05, 0) is 24.7 Å². The summed E-state index contributed by atoms with van der Waals surface area (Å²) in [4.78, 5) is 11.6. The van der Waals surface area contributed by atoms with Gasteiger partial charge in [-0.2, -0.15) is 0 Å². The Kier molecular flexibility index (Phi) is 9.00. The van der Waals surface area contributed by atoms with Crippen molar-refractivity contribution in [1.29, 1.82) is 0 Å². The van der Waals surface area contributed by atoms with Crippen molar-refractivity contribution < 1.29 is 4.79 Å². The van der Waals surface area contributed by atoms with E-state index in [0.29, 0.717) is 6.42 Å². The number of rotatable bonds is 9. The summed E-state index contributed by atoms with van der Waals surface area (Å²) in [5, 5.41) is 4.03. The molecule has 2 nitrogen and oxygen atoms in total. The Morgan fingerprint density at radius 3 is 2.25 bits per heavy atom. The fraction of sp³-hybridized carbons (Fsp3) is 0.923. The molecule has 0 atom stereocenters. The second kappa shape index (κ2) is 9.03. The summed E-state index contributed by atoms with van der Waals surface area (Å²) in [5.41, 5.74) is 0.237. The Hall–Kier alpha value is -0.0500. The summed E-state index contributed by atoms with van der Waals surface area (Å²) in [7, 11) is 0. The molecule has 0 aliphatic carbocycles. The maximum absolute atomic E-state index is 11.6. The van der Waals surface area contributed by atoms with E-state index in [0.717, 1.165) is 37.6 Å². The molecule has 0 aliphatic rings. The van der Waals surface area contributed by atoms with Gasteiger partial charge in [0.2, 0.25) is 5.91 Å². The lowest BCUT2D eigenvalue weighted by molar-refractivity contribution is -0.121. The topological polar surface area (TPSA) is 29.1 Å². The van der Waals surface area contributed by atoms with Crippen molar-refractivity contribution in [2.45, 2.75) is 59.3 Å². The van der Waals surface area contributed by atoms with Gasteiger partial charge in [0, 0.05) is 18.3 Å². The number of carbonyl (C=O) groups excluding carboxylic acids is 1. The normalized spacial score (nSPS) is 11.5. The van der Waals surface area contributed by atoms with Crippen LogP contribution in [-0.4, -0.2) is 17.8 Å². The summed E-state index contributed by atoms with van der Waals surface area (Å²) in [6.45, 7) is 7.33. The van der Waals surface area contributed by atoms with Crippen LogP contribution >= 0.6 is 15.9 Å². The minimum absolute atomic E-state index is 0.209. The molecule has 0 aliphatic heterocycles. The first-order valence-electron chi connectivity index (χ1n) is 6.46. The highest BCUT2D eigenvalue weighted by Crippen LogP contribution is 2.27. The monoisotopic (exact) mass is 291 g/mol. The van der Waals surface area contributed by atoms with E-state index in [1.807, 2.05) is 0 Å². The number of nitrogens with one attached hydrogen (secondary N) is 1. The Morgan fingerprint density at radius 1 is 1.19 bits per heavy atom. The lowest BCUT2D eigenvalue weighted by atomic mass is 9.84. The molecule has 0 spiro atoms. The lowest BCUT2D eigenvalue weighted by Gasteiger charge is -2.29. The molecule has 0 saturated heterocycles. The molecule has 0 saturated carbocycles. The SMILES string of the molecule is CCCCCC(=O)NCC(CC)(CC)CBr. The molecule has 96 valence electrons. The smallest absolute Gasteiger partial charge is 0.220 e. The van der Waals surface area contributed by atoms with Crippen molar-refractivity contribution in [3.63, 3.8) is 0 Å². The van der Waals surface area contributed by atoms with Gasteiger partial charge >= 0.3 is 0 Å². The van der Waals surface area contributed by atoms with Crippen molar-refractivity contribution in [1.82, 2.24) is 5.32 Å². The van der Waals surface area contributed by atoms with Gasteiger partial charge in [-0.25, -0.2) is 0 Å². The second-order valence-electron chi connectivity index (χ2n) is 4.57. The molecule has 1 amide bonds. The number of hydrogen-bond acceptors (Lipinski definition) is 1. The van der Waals surface area contributed by atoms with Crippen molar-refractivity contribution in [3.05, 3.63) is 0 Å². The van der Waals surface area contributed by atoms with E-state index in [1.54, 1.807) is 0 Å². The lowest BCUT2D eigenvalue weighted by Crippen LogP contribution is -2.38. The average molecular weight is 292 g/mol. The Labute approximate surface area is 109 Å². The van der Waals surface area contributed by atoms with Crippen molar-refractivity contribution in [2.75, 3.05) is 11.9 Å². The van der Waals surface area contributed by atoms with Gasteiger partial charge in [-0.3, -0.25) is 4.79 Å². The molecule has 0 rings (SSSR count). The maximum atomic E-state index is 11.6. The molecule has 0 radical (unpaired) electrons.